The fraction of sp³-hybridized carbons (Fsp3) is 0.0741. The molecule has 0 aliphatic carbocycles. The Labute approximate surface area is 206 Å². The molecular weight excluding hydrogens is 462 g/mol. The van der Waals surface area contributed by atoms with Gasteiger partial charge in [0.15, 0.2) is 5.11 Å². The van der Waals surface area contributed by atoms with E-state index in [1.165, 1.54) is 0 Å². The van der Waals surface area contributed by atoms with Gasteiger partial charge in [-0.25, -0.2) is 4.98 Å². The number of amides is 1. The van der Waals surface area contributed by atoms with E-state index in [1.807, 2.05) is 79.7 Å². The van der Waals surface area contributed by atoms with Crippen LogP contribution < -0.4 is 15.4 Å². The lowest BCUT2D eigenvalue weighted by Crippen LogP contribution is -2.34. The van der Waals surface area contributed by atoms with Crippen LogP contribution in [0.2, 0.25) is 0 Å². The molecule has 1 heterocycles. The summed E-state index contributed by atoms with van der Waals surface area (Å²) in [4.78, 5) is 17.8. The molecular formula is C27H21N3O2S2. The molecule has 168 valence electrons. The normalized spacial score (nSPS) is 10.9. The molecule has 0 unspecified atom stereocenters. The third-order valence-corrected chi connectivity index (χ3v) is 6.92. The molecule has 2 N–H and O–H groups in total. The number of methoxy groups -OCH3 is 1. The van der Waals surface area contributed by atoms with Gasteiger partial charge in [0, 0.05) is 11.3 Å². The highest BCUT2D eigenvalue weighted by molar-refractivity contribution is 7.80. The number of carbonyl (C=O) groups is 1. The Morgan fingerprint density at radius 3 is 2.47 bits per heavy atom. The SMILES string of the molecule is COc1cc2ccccc2cc1C(=O)NC(=S)Nc1cccc(-c2nc3ccccc3s2)c1C. The number of anilines is 1. The molecule has 0 fully saturated rings. The van der Waals surface area contributed by atoms with Crippen LogP contribution in [0.1, 0.15) is 15.9 Å². The second-order valence-electron chi connectivity index (χ2n) is 7.77. The molecule has 4 aromatic carbocycles. The second kappa shape index (κ2) is 9.21. The molecule has 1 amide bonds. The van der Waals surface area contributed by atoms with Gasteiger partial charge < -0.3 is 10.1 Å². The first-order valence-corrected chi connectivity index (χ1v) is 11.9. The molecule has 1 aromatic heterocycles. The van der Waals surface area contributed by atoms with Crippen molar-refractivity contribution in [2.24, 2.45) is 0 Å². The van der Waals surface area contributed by atoms with Crippen LogP contribution in [0.25, 0.3) is 31.6 Å². The Balaban J connectivity index is 1.37. The van der Waals surface area contributed by atoms with Crippen molar-refractivity contribution < 1.29 is 9.53 Å². The van der Waals surface area contributed by atoms with Gasteiger partial charge >= 0.3 is 0 Å². The predicted octanol–water partition coefficient (Wildman–Crippen LogP) is 6.56. The highest BCUT2D eigenvalue weighted by atomic mass is 32.1. The summed E-state index contributed by atoms with van der Waals surface area (Å²) in [6, 6.07) is 25.5. The number of carbonyl (C=O) groups excluding carboxylic acids is 1. The zero-order chi connectivity index (χ0) is 23.7. The Hall–Kier alpha value is -3.81. The van der Waals surface area contributed by atoms with Gasteiger partial charge in [0.1, 0.15) is 10.8 Å². The quantitative estimate of drug-likeness (QED) is 0.284. The molecule has 0 spiro atoms. The van der Waals surface area contributed by atoms with Crippen LogP contribution in [0.15, 0.2) is 78.9 Å². The number of para-hydroxylation sites is 1. The molecule has 0 saturated heterocycles. The number of nitrogens with zero attached hydrogens (tertiary/aromatic N) is 1. The maximum Gasteiger partial charge on any atom is 0.261 e. The van der Waals surface area contributed by atoms with Crippen LogP contribution in [0.4, 0.5) is 5.69 Å². The number of hydrogen-bond donors (Lipinski definition) is 2. The maximum atomic E-state index is 13.0. The zero-order valence-corrected chi connectivity index (χ0v) is 20.2. The maximum absolute atomic E-state index is 13.0. The minimum atomic E-state index is -0.333. The number of aromatic nitrogens is 1. The van der Waals surface area contributed by atoms with E-state index in [1.54, 1.807) is 18.4 Å². The number of thiazole rings is 1. The number of fused-ring (bicyclic) bond motifs is 2. The Bertz CT molecular complexity index is 1530. The fourth-order valence-electron chi connectivity index (χ4n) is 3.88. The summed E-state index contributed by atoms with van der Waals surface area (Å²) in [6.07, 6.45) is 0. The minimum Gasteiger partial charge on any atom is -0.496 e. The van der Waals surface area contributed by atoms with E-state index in [-0.39, 0.29) is 11.0 Å². The molecule has 0 radical (unpaired) electrons. The second-order valence-corrected chi connectivity index (χ2v) is 9.21. The summed E-state index contributed by atoms with van der Waals surface area (Å²) < 4.78 is 6.59. The van der Waals surface area contributed by atoms with Crippen molar-refractivity contribution in [2.75, 3.05) is 12.4 Å². The van der Waals surface area contributed by atoms with Crippen molar-refractivity contribution in [3.8, 4) is 16.3 Å². The predicted molar refractivity (Wildman–Crippen MR) is 144 cm³/mol. The lowest BCUT2D eigenvalue weighted by atomic mass is 10.1. The minimum absolute atomic E-state index is 0.213. The largest absolute Gasteiger partial charge is 0.496 e. The number of ether oxygens (including phenoxy) is 1. The van der Waals surface area contributed by atoms with Gasteiger partial charge in [0.25, 0.3) is 5.91 Å². The molecule has 7 heteroatoms. The average Bonchev–Trinajstić information content (AvgIpc) is 3.28. The van der Waals surface area contributed by atoms with Crippen LogP contribution in [-0.2, 0) is 0 Å². The summed E-state index contributed by atoms with van der Waals surface area (Å²) in [5.41, 5.74) is 4.24. The molecule has 5 nitrogen and oxygen atoms in total. The lowest BCUT2D eigenvalue weighted by Gasteiger charge is -2.15. The number of nitrogens with one attached hydrogen (secondary N) is 2. The Morgan fingerprint density at radius 2 is 1.71 bits per heavy atom. The number of benzene rings is 4. The molecule has 34 heavy (non-hydrogen) atoms. The molecule has 0 bridgehead atoms. The van der Waals surface area contributed by atoms with Gasteiger partial charge in [-0.05, 0) is 65.8 Å². The van der Waals surface area contributed by atoms with E-state index < -0.39 is 0 Å². The summed E-state index contributed by atoms with van der Waals surface area (Å²) in [7, 11) is 1.55. The van der Waals surface area contributed by atoms with E-state index >= 15 is 0 Å². The van der Waals surface area contributed by atoms with Crippen molar-refractivity contribution in [3.05, 3.63) is 90.0 Å². The smallest absolute Gasteiger partial charge is 0.261 e. The molecule has 5 rings (SSSR count). The molecule has 5 aromatic rings. The molecule has 0 aliphatic heterocycles. The lowest BCUT2D eigenvalue weighted by molar-refractivity contribution is 0.0975. The van der Waals surface area contributed by atoms with Gasteiger partial charge in [0.05, 0.1) is 22.9 Å². The average molecular weight is 484 g/mol. The van der Waals surface area contributed by atoms with Gasteiger partial charge in [-0.15, -0.1) is 11.3 Å². The van der Waals surface area contributed by atoms with Gasteiger partial charge in [-0.1, -0.05) is 48.5 Å². The van der Waals surface area contributed by atoms with E-state index in [0.717, 1.165) is 42.8 Å². The van der Waals surface area contributed by atoms with Crippen molar-refractivity contribution in [3.63, 3.8) is 0 Å². The Kier molecular flexibility index (Phi) is 5.96. The Morgan fingerprint density at radius 1 is 0.971 bits per heavy atom. The number of rotatable bonds is 4. The van der Waals surface area contributed by atoms with Crippen LogP contribution in [-0.4, -0.2) is 23.1 Å². The van der Waals surface area contributed by atoms with E-state index in [0.29, 0.717) is 11.3 Å². The summed E-state index contributed by atoms with van der Waals surface area (Å²) in [5.74, 6) is 0.160. The number of thiocarbonyl (C=S) groups is 1. The van der Waals surface area contributed by atoms with E-state index in [2.05, 4.69) is 16.7 Å². The van der Waals surface area contributed by atoms with E-state index in [9.17, 15) is 4.79 Å². The van der Waals surface area contributed by atoms with E-state index in [4.69, 9.17) is 21.9 Å². The highest BCUT2D eigenvalue weighted by Gasteiger charge is 2.16. The first kappa shape index (κ1) is 22.0. The third kappa shape index (κ3) is 4.23. The first-order chi connectivity index (χ1) is 16.5. The summed E-state index contributed by atoms with van der Waals surface area (Å²) in [6.45, 7) is 2.01. The van der Waals surface area contributed by atoms with Gasteiger partial charge in [0.2, 0.25) is 0 Å². The summed E-state index contributed by atoms with van der Waals surface area (Å²) in [5, 5.41) is 9.05. The first-order valence-electron chi connectivity index (χ1n) is 10.7. The number of hydrogen-bond acceptors (Lipinski definition) is 5. The fourth-order valence-corrected chi connectivity index (χ4v) is 5.13. The molecule has 0 aliphatic rings. The molecule has 0 atom stereocenters. The third-order valence-electron chi connectivity index (χ3n) is 5.65. The van der Waals surface area contributed by atoms with Crippen LogP contribution in [0.3, 0.4) is 0 Å². The standard InChI is InChI=1S/C27H21N3O2S2/c1-16-19(26-28-22-11-5-6-13-24(22)34-26)10-7-12-21(16)29-27(33)30-25(31)20-14-17-8-3-4-9-18(17)15-23(20)32-2/h3-15H,1-2H3,(H2,29,30,31,33). The monoisotopic (exact) mass is 483 g/mol. The van der Waals surface area contributed by atoms with Crippen molar-refractivity contribution in [1.29, 1.82) is 0 Å². The zero-order valence-electron chi connectivity index (χ0n) is 18.6. The van der Waals surface area contributed by atoms with Gasteiger partial charge in [-0.2, -0.15) is 0 Å². The van der Waals surface area contributed by atoms with Crippen LogP contribution in [0, 0.1) is 6.92 Å². The van der Waals surface area contributed by atoms with Gasteiger partial charge in [-0.3, -0.25) is 10.1 Å². The van der Waals surface area contributed by atoms with Crippen molar-refractivity contribution in [1.82, 2.24) is 10.3 Å². The summed E-state index contributed by atoms with van der Waals surface area (Å²) >= 11 is 7.11. The van der Waals surface area contributed by atoms with Crippen LogP contribution in [0.5, 0.6) is 5.75 Å². The highest BCUT2D eigenvalue weighted by Crippen LogP contribution is 2.34. The van der Waals surface area contributed by atoms with Crippen molar-refractivity contribution in [2.45, 2.75) is 6.92 Å². The molecule has 0 saturated carbocycles. The van der Waals surface area contributed by atoms with Crippen LogP contribution >= 0.6 is 23.6 Å². The van der Waals surface area contributed by atoms with Crippen molar-refractivity contribution >= 4 is 61.3 Å². The topological polar surface area (TPSA) is 63.2 Å².